The van der Waals surface area contributed by atoms with Gasteiger partial charge in [0.1, 0.15) is 21.3 Å². The van der Waals surface area contributed by atoms with E-state index in [-0.39, 0.29) is 67.3 Å². The van der Waals surface area contributed by atoms with Gasteiger partial charge in [0.05, 0.1) is 14.2 Å². The number of aryl methyl sites for hydroxylation is 2. The number of benzene rings is 8. The van der Waals surface area contributed by atoms with Gasteiger partial charge in [-0.25, -0.2) is 8.42 Å². The molecule has 1 saturated carbocycles. The van der Waals surface area contributed by atoms with Crippen LogP contribution < -0.4 is 9.47 Å². The van der Waals surface area contributed by atoms with Crippen LogP contribution in [0.5, 0.6) is 11.5 Å². The van der Waals surface area contributed by atoms with Crippen LogP contribution in [0.25, 0.3) is 11.1 Å². The molecule has 0 heterocycles. The lowest BCUT2D eigenvalue weighted by molar-refractivity contribution is -0.327. The average Bonchev–Trinajstić information content (AvgIpc) is 1.59. The molecule has 2 aliphatic rings. The van der Waals surface area contributed by atoms with Crippen molar-refractivity contribution < 1.29 is 58.6 Å². The lowest BCUT2D eigenvalue weighted by atomic mass is 9.78. The van der Waals surface area contributed by atoms with Gasteiger partial charge in [0, 0.05) is 54.4 Å². The molecule has 0 radical (unpaired) electrons. The monoisotopic (exact) mass is 1670 g/mol. The number of hydrogen-bond acceptors (Lipinski definition) is 8. The normalized spacial score (nSPS) is 12.9. The van der Waals surface area contributed by atoms with Gasteiger partial charge in [-0.2, -0.15) is 38.1 Å². The van der Waals surface area contributed by atoms with E-state index in [1.54, 1.807) is 64.5 Å². The van der Waals surface area contributed by atoms with E-state index in [1.165, 1.54) is 83.0 Å². The fraction of sp³-hybridized carbons (Fsp3) is 0.510. The molecule has 8 aromatic carbocycles. The Balaban J connectivity index is -0.000000623. The molecular weight excluding hydrogens is 1520 g/mol. The van der Waals surface area contributed by atoms with E-state index in [2.05, 4.69) is 254 Å². The van der Waals surface area contributed by atoms with Gasteiger partial charge >= 0.3 is 12.4 Å². The molecule has 0 atom stereocenters. The molecule has 0 spiro atoms. The summed E-state index contributed by atoms with van der Waals surface area (Å²) in [5.41, 5.74) is 14.8. The minimum atomic E-state index is -5.24. The third kappa shape index (κ3) is 46.6. The SMILES string of the molecule is C.C.CC(C)(C(F)(F)F)C(F)(F)F.CC(C)(C)C.CC(C)(C)c1ccc(C(C)(C)C)cc1.CC(C)(C)c1cccc(C(C)(C)C)c1.CC1(C)CCCCC1.CC1(C)c2ccccc2-c2ccccc21.CCC.COC.COc1ccc(OC)cc1.CS(C)(=O)=O.CSC.Cc1ccc(C(=O)c2ccc(C(=O)c3ccc(C)cc3)cc2)cc1. The average molecular weight is 1670 g/mol. The number of halogens is 6. The van der Waals surface area contributed by atoms with E-state index in [9.17, 15) is 44.3 Å². The van der Waals surface area contributed by atoms with Gasteiger partial charge < -0.3 is 14.2 Å². The van der Waals surface area contributed by atoms with Crippen LogP contribution in [0, 0.1) is 30.1 Å². The largest absolute Gasteiger partial charge is 0.497 e. The van der Waals surface area contributed by atoms with Gasteiger partial charge in [-0.15, -0.1) is 0 Å². The molecule has 0 saturated heterocycles. The molecule has 10 rings (SSSR count). The second kappa shape index (κ2) is 52.6. The van der Waals surface area contributed by atoms with Crippen LogP contribution in [-0.2, 0) is 41.6 Å². The van der Waals surface area contributed by atoms with Crippen molar-refractivity contribution in [2.75, 3.05) is 53.5 Å². The predicted octanol–water partition coefficient (Wildman–Crippen LogP) is 30.8. The fourth-order valence-electron chi connectivity index (χ4n) is 10.5. The second-order valence-electron chi connectivity index (χ2n) is 36.7. The summed E-state index contributed by atoms with van der Waals surface area (Å²) in [5, 5.41) is 0. The summed E-state index contributed by atoms with van der Waals surface area (Å²) in [5.74, 6) is 1.62. The number of carbonyl (C=O) groups excluding carboxylic acids is 2. The first kappa shape index (κ1) is 116. The molecule has 0 unspecified atom stereocenters. The van der Waals surface area contributed by atoms with E-state index in [0.717, 1.165) is 35.1 Å². The number of fused-ring (bicyclic) bond motifs is 3. The summed E-state index contributed by atoms with van der Waals surface area (Å²) in [6, 6.07) is 64.6. The van der Waals surface area contributed by atoms with Crippen LogP contribution in [0.4, 0.5) is 26.3 Å². The second-order valence-corrected chi connectivity index (χ2v) is 39.8. The molecular formula is C102H154F6O7S2. The first-order chi connectivity index (χ1) is 52.5. The molecule has 0 aliphatic heterocycles. The highest BCUT2D eigenvalue weighted by molar-refractivity contribution is 7.97. The van der Waals surface area contributed by atoms with Crippen molar-refractivity contribution in [1.82, 2.24) is 0 Å². The molecule has 0 amide bonds. The summed E-state index contributed by atoms with van der Waals surface area (Å²) in [6.07, 6.45) is 4.47. The van der Waals surface area contributed by atoms with E-state index in [4.69, 9.17) is 9.47 Å². The highest BCUT2D eigenvalue weighted by Crippen LogP contribution is 2.50. The first-order valence-electron chi connectivity index (χ1n) is 39.5. The number of rotatable bonds is 6. The quantitative estimate of drug-likeness (QED) is 0.120. The number of thioether (sulfide) groups is 1. The van der Waals surface area contributed by atoms with Gasteiger partial charge in [0.15, 0.2) is 17.0 Å². The van der Waals surface area contributed by atoms with E-state index >= 15 is 0 Å². The summed E-state index contributed by atoms with van der Waals surface area (Å²) in [7, 11) is 3.86. The fourth-order valence-corrected chi connectivity index (χ4v) is 10.5. The van der Waals surface area contributed by atoms with E-state index in [1.807, 2.05) is 99.2 Å². The minimum Gasteiger partial charge on any atom is -0.497 e. The van der Waals surface area contributed by atoms with E-state index in [0.29, 0.717) is 33.1 Å². The third-order valence-corrected chi connectivity index (χ3v) is 17.7. The van der Waals surface area contributed by atoms with Crippen molar-refractivity contribution in [1.29, 1.82) is 0 Å². The zero-order chi connectivity index (χ0) is 89.6. The minimum absolute atomic E-state index is 0. The van der Waals surface area contributed by atoms with Gasteiger partial charge in [-0.05, 0) is 154 Å². The number of sulfone groups is 1. The van der Waals surface area contributed by atoms with Crippen molar-refractivity contribution in [3.8, 4) is 22.6 Å². The zero-order valence-electron chi connectivity index (χ0n) is 76.7. The zero-order valence-corrected chi connectivity index (χ0v) is 78.3. The molecule has 8 aromatic rings. The van der Waals surface area contributed by atoms with Crippen molar-refractivity contribution in [2.24, 2.45) is 16.2 Å². The molecule has 0 bridgehead atoms. The Bertz CT molecular complexity index is 3890. The maximum absolute atomic E-state index is 12.5. The Morgan fingerprint density at radius 3 is 0.829 bits per heavy atom. The van der Waals surface area contributed by atoms with Gasteiger partial charge in [-0.1, -0.05) is 374 Å². The van der Waals surface area contributed by atoms with Crippen molar-refractivity contribution in [2.45, 2.75) is 273 Å². The van der Waals surface area contributed by atoms with Crippen LogP contribution in [0.2, 0.25) is 0 Å². The van der Waals surface area contributed by atoms with Crippen LogP contribution in [0.3, 0.4) is 0 Å². The number of alkyl halides is 6. The van der Waals surface area contributed by atoms with Crippen molar-refractivity contribution >= 4 is 33.2 Å². The maximum atomic E-state index is 12.5. The number of hydrogen-bond donors (Lipinski definition) is 0. The van der Waals surface area contributed by atoms with Crippen LogP contribution in [0.1, 0.15) is 296 Å². The van der Waals surface area contributed by atoms with Crippen LogP contribution in [0.15, 0.2) is 194 Å². The van der Waals surface area contributed by atoms with Crippen LogP contribution in [-0.4, -0.2) is 85.8 Å². The molecule has 7 nitrogen and oxygen atoms in total. The molecule has 658 valence electrons. The van der Waals surface area contributed by atoms with Crippen molar-refractivity contribution in [3.63, 3.8) is 0 Å². The van der Waals surface area contributed by atoms with Gasteiger partial charge in [-0.3, -0.25) is 9.59 Å². The summed E-state index contributed by atoms with van der Waals surface area (Å²) < 4.78 is 103. The standard InChI is InChI=1S/C22H18O2.C15H14.2C14H22.C8H10O2.C8H16.C5H6F6.C5H12.C3H8.C2H6O2S.C2H6O.C2H6S.2CH4/c1-15-3-7-17(8-4-15)21(23)19-11-13-20(14-12-19)22(24)18-9-5-16(2)6-10-18;1-15(2)13-9-5-3-7-11(13)12-8-4-6-10-14(12)15;1-13(2,3)11-7-9-12(10-8-11)14(4,5)6;1-13(2,3)11-8-7-9-12(10-11)14(4,5)6;1-9-7-3-5-8(10-2)6-4-7;1-8(2)6-4-3-5-7-8;1-3(2,4(6,7)8)5(9,10)11;1-5(2,3)4;1-3-2;1-5(2,3)4;2*1-3-2;;/h3-14H,1-2H3;3-10H,1-2H3;2*7-10H,1-6H3;3-6H,1-2H3;3-7H2,1-2H3;1-2H3;1-4H3;3H2,1-2H3;1-2H3;2*1-2H3;2*1H4. The Morgan fingerprint density at radius 1 is 0.402 bits per heavy atom. The summed E-state index contributed by atoms with van der Waals surface area (Å²) in [4.78, 5) is 24.9. The smallest absolute Gasteiger partial charge is 0.402 e. The maximum Gasteiger partial charge on any atom is 0.402 e. The third-order valence-electron chi connectivity index (χ3n) is 17.7. The predicted molar refractivity (Wildman–Crippen MR) is 497 cm³/mol. The highest BCUT2D eigenvalue weighted by Gasteiger charge is 2.64. The Hall–Kier alpha value is -7.46. The lowest BCUT2D eigenvalue weighted by Gasteiger charge is -2.29. The van der Waals surface area contributed by atoms with Gasteiger partial charge in [0.2, 0.25) is 0 Å². The summed E-state index contributed by atoms with van der Waals surface area (Å²) in [6.45, 7) is 53.6. The van der Waals surface area contributed by atoms with Gasteiger partial charge in [0.25, 0.3) is 0 Å². The first-order valence-corrected chi connectivity index (χ1v) is 43.4. The lowest BCUT2D eigenvalue weighted by Crippen LogP contribution is -2.44. The number of carbonyl (C=O) groups is 2. The molecule has 117 heavy (non-hydrogen) atoms. The molecule has 0 N–H and O–H groups in total. The highest BCUT2D eigenvalue weighted by atomic mass is 32.2. The molecule has 0 aromatic heterocycles. The molecule has 2 aliphatic carbocycles. The number of ether oxygens (including phenoxy) is 3. The number of ketones is 2. The molecule has 1 fully saturated rings. The summed E-state index contributed by atoms with van der Waals surface area (Å²) >= 11 is 1.75. The van der Waals surface area contributed by atoms with Crippen LogP contribution >= 0.6 is 11.8 Å². The number of methoxy groups -OCH3 is 3. The molecule has 15 heteroatoms. The topological polar surface area (TPSA) is 96.0 Å². The van der Waals surface area contributed by atoms with E-state index < -0.39 is 27.6 Å². The van der Waals surface area contributed by atoms with Crippen molar-refractivity contribution in [3.05, 3.63) is 261 Å². The Kier molecular flexibility index (Phi) is 52.0. The Labute approximate surface area is 713 Å². The Morgan fingerprint density at radius 2 is 0.632 bits per heavy atom.